The number of hydrogen-bond acceptors (Lipinski definition) is 0. The number of fused-ring (bicyclic) bond motifs is 1. The van der Waals surface area contributed by atoms with Crippen molar-refractivity contribution in [1.82, 2.24) is 0 Å². The van der Waals surface area contributed by atoms with E-state index < -0.39 is 0 Å². The van der Waals surface area contributed by atoms with Gasteiger partial charge in [-0.25, -0.2) is 18.1 Å². The van der Waals surface area contributed by atoms with E-state index in [1.54, 1.807) is 0 Å². The van der Waals surface area contributed by atoms with Crippen LogP contribution in [0.15, 0.2) is 24.4 Å². The molecule has 0 aromatic carbocycles. The summed E-state index contributed by atoms with van der Waals surface area (Å²) >= 11 is 0. The molecule has 0 unspecified atom stereocenters. The molecule has 4 heteroatoms. The fraction of sp³-hybridized carbons (Fsp3) is 0.667. The van der Waals surface area contributed by atoms with Crippen LogP contribution in [-0.2, 0) is 0 Å². The van der Waals surface area contributed by atoms with Crippen molar-refractivity contribution in [3.8, 4) is 0 Å². The van der Waals surface area contributed by atoms with Gasteiger partial charge in [0.25, 0.3) is 0 Å². The average molecular weight is 311 g/mol. The predicted molar refractivity (Wildman–Crippen MR) is 97.6 cm³/mol. The lowest BCUT2D eigenvalue weighted by Gasteiger charge is -2.42. The van der Waals surface area contributed by atoms with Crippen LogP contribution in [0.25, 0.3) is 0 Å². The largest absolute Gasteiger partial charge is 0.235 e. The molecular weight excluding hydrogens is 272 g/mol. The first-order valence-corrected chi connectivity index (χ1v) is 7.50. The van der Waals surface area contributed by atoms with E-state index in [0.29, 0.717) is 0 Å². The van der Waals surface area contributed by atoms with E-state index in [1.165, 1.54) is 35.4 Å². The van der Waals surface area contributed by atoms with Crippen molar-refractivity contribution in [3.63, 3.8) is 0 Å². The first-order chi connectivity index (χ1) is 9.41. The zero-order valence-corrected chi connectivity index (χ0v) is 13.5. The molecule has 0 aliphatic carbocycles. The molecule has 3 fully saturated rings. The molecule has 5 heterocycles. The van der Waals surface area contributed by atoms with E-state index in [4.69, 9.17) is 0 Å². The summed E-state index contributed by atoms with van der Waals surface area (Å²) in [5, 5.41) is 0. The smallest absolute Gasteiger partial charge is 0.216 e. The van der Waals surface area contributed by atoms with Crippen LogP contribution in [0, 0.1) is 0 Å². The summed E-state index contributed by atoms with van der Waals surface area (Å²) < 4.78 is 6.87. The molecule has 0 saturated carbocycles. The molecule has 0 amide bonds. The lowest BCUT2D eigenvalue weighted by molar-refractivity contribution is -1.20. The van der Waals surface area contributed by atoms with Crippen LogP contribution in [-0.4, -0.2) is 91.7 Å². The van der Waals surface area contributed by atoms with Crippen molar-refractivity contribution in [2.45, 2.75) is 21.3 Å². The van der Waals surface area contributed by atoms with E-state index in [-0.39, 0.29) is 14.9 Å². The van der Waals surface area contributed by atoms with Crippen LogP contribution in [0.4, 0.5) is 0 Å². The Kier molecular flexibility index (Phi) is 7.91. The van der Waals surface area contributed by atoms with Gasteiger partial charge in [-0.05, 0) is 12.2 Å². The summed E-state index contributed by atoms with van der Waals surface area (Å²) in [4.78, 5) is 0. The lowest BCUT2D eigenvalue weighted by atomic mass is 10.4. The van der Waals surface area contributed by atoms with Gasteiger partial charge in [0.05, 0.1) is 14.1 Å². The number of rotatable bonds is 0. The SMILES string of the molecule is C.C.C[N+]12CC[N+](C)(C1)C2.C[N+]1=CC=CC1.C[N+]1=CCC=C1. The normalized spacial score (nSPS) is 32.2. The van der Waals surface area contributed by atoms with Gasteiger partial charge in [-0.1, -0.05) is 14.9 Å². The van der Waals surface area contributed by atoms with E-state index in [0.717, 1.165) is 13.0 Å². The highest BCUT2D eigenvalue weighted by Gasteiger charge is 2.57. The second-order valence-corrected chi connectivity index (χ2v) is 6.95. The quantitative estimate of drug-likeness (QED) is 0.477. The maximum Gasteiger partial charge on any atom is 0.216 e. The minimum Gasteiger partial charge on any atom is -0.235 e. The summed E-state index contributed by atoms with van der Waals surface area (Å²) in [6, 6.07) is 0. The molecule has 5 aliphatic heterocycles. The highest BCUT2D eigenvalue weighted by Crippen LogP contribution is 2.31. The zero-order chi connectivity index (χ0) is 14.6. The first-order valence-electron chi connectivity index (χ1n) is 7.50. The maximum atomic E-state index is 2.35. The van der Waals surface area contributed by atoms with Crippen molar-refractivity contribution >= 4 is 12.4 Å². The van der Waals surface area contributed by atoms with Crippen molar-refractivity contribution in [2.24, 2.45) is 0 Å². The van der Waals surface area contributed by atoms with E-state index in [1.807, 2.05) is 7.05 Å². The molecule has 22 heavy (non-hydrogen) atoms. The summed E-state index contributed by atoms with van der Waals surface area (Å²) in [5.74, 6) is 0. The van der Waals surface area contributed by atoms with Gasteiger partial charge in [-0.3, -0.25) is 0 Å². The second-order valence-electron chi connectivity index (χ2n) is 6.95. The molecule has 0 aromatic heterocycles. The Labute approximate surface area is 138 Å². The predicted octanol–water partition coefficient (Wildman–Crippen LogP) is 1.98. The third-order valence-electron chi connectivity index (χ3n) is 4.29. The minimum absolute atomic E-state index is 0. The van der Waals surface area contributed by atoms with Crippen molar-refractivity contribution < 1.29 is 18.1 Å². The molecule has 3 saturated heterocycles. The fourth-order valence-corrected chi connectivity index (χ4v) is 3.38. The van der Waals surface area contributed by atoms with Gasteiger partial charge < -0.3 is 0 Å². The van der Waals surface area contributed by atoms with Crippen molar-refractivity contribution in [2.75, 3.05) is 61.2 Å². The van der Waals surface area contributed by atoms with Crippen LogP contribution < -0.4 is 0 Å². The van der Waals surface area contributed by atoms with Crippen molar-refractivity contribution in [3.05, 3.63) is 24.4 Å². The van der Waals surface area contributed by atoms with Gasteiger partial charge >= 0.3 is 0 Å². The van der Waals surface area contributed by atoms with E-state index >= 15 is 0 Å². The van der Waals surface area contributed by atoms with Gasteiger partial charge in [0, 0.05) is 12.5 Å². The first kappa shape index (κ1) is 20.7. The van der Waals surface area contributed by atoms with Crippen LogP contribution >= 0.6 is 0 Å². The topological polar surface area (TPSA) is 6.02 Å². The molecule has 0 atom stereocenters. The lowest BCUT2D eigenvalue weighted by Crippen LogP contribution is -2.66. The highest BCUT2D eigenvalue weighted by molar-refractivity contribution is 5.67. The van der Waals surface area contributed by atoms with Gasteiger partial charge in [-0.2, -0.15) is 0 Å². The Bertz CT molecular complexity index is 449. The fourth-order valence-electron chi connectivity index (χ4n) is 3.38. The summed E-state index contributed by atoms with van der Waals surface area (Å²) in [6.45, 7) is 6.69. The molecule has 5 rings (SSSR count). The monoisotopic (exact) mass is 310 g/mol. The Balaban J connectivity index is 0.000000292. The Morgan fingerprint density at radius 1 is 0.909 bits per heavy atom. The molecule has 5 aliphatic rings. The molecular formula is C18H38N4+4. The van der Waals surface area contributed by atoms with Gasteiger partial charge in [-0.15, -0.1) is 0 Å². The standard InChI is InChI=1S/C6H14N2.2C5H8N.2CH4/c1-7-3-4-8(2,5-7)6-7;2*1-6-4-2-3-5-6;;/h3-6H2,1-2H3;2,4-5H,3H2,1H3;2-4H,5H2,1H3;2*1H4/q+2;2*+1;;. The minimum atomic E-state index is 0. The third kappa shape index (κ3) is 5.85. The highest BCUT2D eigenvalue weighted by atomic mass is 15.7. The maximum absolute atomic E-state index is 2.35. The van der Waals surface area contributed by atoms with E-state index in [2.05, 4.69) is 67.2 Å². The number of hydrogen-bond donors (Lipinski definition) is 0. The number of nitrogens with zero attached hydrogens (tertiary/aromatic N) is 4. The number of likely N-dealkylation sites (N-methyl/N-ethyl adjacent to an activating group) is 3. The second kappa shape index (κ2) is 8.39. The summed E-state index contributed by atoms with van der Waals surface area (Å²) in [5.41, 5.74) is 0. The van der Waals surface area contributed by atoms with Gasteiger partial charge in [0.15, 0.2) is 19.0 Å². The molecule has 0 spiro atoms. The zero-order valence-electron chi connectivity index (χ0n) is 13.5. The summed E-state index contributed by atoms with van der Waals surface area (Å²) in [6.07, 6.45) is 13.6. The molecule has 126 valence electrons. The van der Waals surface area contributed by atoms with Crippen LogP contribution in [0.1, 0.15) is 21.3 Å². The van der Waals surface area contributed by atoms with Crippen LogP contribution in [0.3, 0.4) is 0 Å². The average Bonchev–Trinajstić information content (AvgIpc) is 3.08. The van der Waals surface area contributed by atoms with E-state index in [9.17, 15) is 0 Å². The Morgan fingerprint density at radius 2 is 1.50 bits per heavy atom. The molecule has 0 N–H and O–H groups in total. The van der Waals surface area contributed by atoms with Gasteiger partial charge in [0.1, 0.15) is 33.4 Å². The molecule has 0 radical (unpaired) electrons. The summed E-state index contributed by atoms with van der Waals surface area (Å²) in [7, 11) is 8.80. The van der Waals surface area contributed by atoms with Crippen molar-refractivity contribution in [1.29, 1.82) is 0 Å². The van der Waals surface area contributed by atoms with Crippen LogP contribution in [0.2, 0.25) is 0 Å². The molecule has 4 nitrogen and oxygen atoms in total. The number of quaternary nitrogens is 2. The Hall–Kier alpha value is -1.26. The Morgan fingerprint density at radius 3 is 1.64 bits per heavy atom. The third-order valence-corrected chi connectivity index (χ3v) is 4.29. The molecule has 2 bridgehead atoms. The molecule has 0 aromatic rings. The number of allylic oxidation sites excluding steroid dienone is 2. The van der Waals surface area contributed by atoms with Gasteiger partial charge in [0.2, 0.25) is 13.3 Å². The van der Waals surface area contributed by atoms with Crippen LogP contribution in [0.5, 0.6) is 0 Å².